The minimum absolute atomic E-state index is 0.193. The zero-order valence-corrected chi connectivity index (χ0v) is 16.2. The van der Waals surface area contributed by atoms with Crippen LogP contribution >= 0.6 is 0 Å². The van der Waals surface area contributed by atoms with Crippen molar-refractivity contribution in [2.24, 2.45) is 4.99 Å². The van der Waals surface area contributed by atoms with E-state index in [0.717, 1.165) is 27.9 Å². The molecule has 0 fully saturated rings. The van der Waals surface area contributed by atoms with Crippen molar-refractivity contribution in [3.63, 3.8) is 0 Å². The van der Waals surface area contributed by atoms with Crippen LogP contribution in [0.5, 0.6) is 5.75 Å². The molecule has 2 aromatic carbocycles. The molecule has 29 heavy (non-hydrogen) atoms. The fourth-order valence-electron chi connectivity index (χ4n) is 3.18. The van der Waals surface area contributed by atoms with E-state index in [4.69, 9.17) is 13.9 Å². The number of esters is 1. The van der Waals surface area contributed by atoms with Crippen LogP contribution in [-0.4, -0.2) is 31.0 Å². The van der Waals surface area contributed by atoms with Crippen LogP contribution in [0.2, 0.25) is 0 Å². The van der Waals surface area contributed by atoms with Gasteiger partial charge in [0.15, 0.2) is 0 Å². The van der Waals surface area contributed by atoms with E-state index in [2.05, 4.69) is 15.6 Å². The van der Waals surface area contributed by atoms with Crippen LogP contribution in [0.15, 0.2) is 76.3 Å². The smallest absolute Gasteiger partial charge is 0.373 e. The highest BCUT2D eigenvalue weighted by atomic mass is 16.5. The lowest BCUT2D eigenvalue weighted by Gasteiger charge is -2.02. The standard InChI is InChI=1S/C23H20N2O4/c1-27-18-7-5-6-17(12-18)24-13-16-14-25(21-9-4-3-8-20(16)21)15-19-10-11-22(29-19)23(26)28-2/h3-14H,15H2,1-2H3. The Balaban J connectivity index is 1.65. The quantitative estimate of drug-likeness (QED) is 0.351. The zero-order chi connectivity index (χ0) is 20.2. The van der Waals surface area contributed by atoms with Gasteiger partial charge in [0, 0.05) is 34.9 Å². The summed E-state index contributed by atoms with van der Waals surface area (Å²) in [6, 6.07) is 19.1. The van der Waals surface area contributed by atoms with Crippen LogP contribution in [0.3, 0.4) is 0 Å². The van der Waals surface area contributed by atoms with Gasteiger partial charge in [-0.1, -0.05) is 24.3 Å². The Morgan fingerprint density at radius 2 is 1.97 bits per heavy atom. The largest absolute Gasteiger partial charge is 0.497 e. The van der Waals surface area contributed by atoms with E-state index in [1.54, 1.807) is 19.2 Å². The minimum Gasteiger partial charge on any atom is -0.497 e. The molecule has 0 aliphatic rings. The van der Waals surface area contributed by atoms with E-state index in [0.29, 0.717) is 12.3 Å². The highest BCUT2D eigenvalue weighted by Crippen LogP contribution is 2.24. The molecule has 4 rings (SSSR count). The molecule has 4 aromatic rings. The molecule has 6 heteroatoms. The van der Waals surface area contributed by atoms with Gasteiger partial charge in [0.2, 0.25) is 5.76 Å². The number of benzene rings is 2. The number of fused-ring (bicyclic) bond motifs is 1. The summed E-state index contributed by atoms with van der Waals surface area (Å²) in [7, 11) is 2.97. The van der Waals surface area contributed by atoms with Gasteiger partial charge in [-0.2, -0.15) is 0 Å². The van der Waals surface area contributed by atoms with Crippen molar-refractivity contribution in [3.05, 3.63) is 83.9 Å². The molecule has 2 heterocycles. The number of furan rings is 1. The number of aliphatic imine (C=N–C) groups is 1. The second-order valence-corrected chi connectivity index (χ2v) is 6.45. The average Bonchev–Trinajstić information content (AvgIpc) is 3.37. The molecule has 0 unspecified atom stereocenters. The Bertz CT molecular complexity index is 1190. The number of ether oxygens (including phenoxy) is 2. The number of nitrogens with zero attached hydrogens (tertiary/aromatic N) is 2. The van der Waals surface area contributed by atoms with Gasteiger partial charge < -0.3 is 18.5 Å². The number of methoxy groups -OCH3 is 2. The first kappa shape index (κ1) is 18.6. The normalized spacial score (nSPS) is 11.2. The van der Waals surface area contributed by atoms with Crippen LogP contribution in [0, 0.1) is 0 Å². The third-order valence-electron chi connectivity index (χ3n) is 4.60. The number of carbonyl (C=O) groups is 1. The van der Waals surface area contributed by atoms with Gasteiger partial charge >= 0.3 is 5.97 Å². The number of aromatic nitrogens is 1. The van der Waals surface area contributed by atoms with Crippen molar-refractivity contribution < 1.29 is 18.7 Å². The Labute approximate surface area is 168 Å². The summed E-state index contributed by atoms with van der Waals surface area (Å²) in [5, 5.41) is 1.08. The van der Waals surface area contributed by atoms with Gasteiger partial charge in [-0.05, 0) is 30.3 Å². The molecule has 0 saturated heterocycles. The molecule has 0 aliphatic carbocycles. The number of hydrogen-bond donors (Lipinski definition) is 0. The van der Waals surface area contributed by atoms with Crippen LogP contribution in [0.25, 0.3) is 10.9 Å². The molecule has 0 spiro atoms. The van der Waals surface area contributed by atoms with Gasteiger partial charge in [0.05, 0.1) is 26.5 Å². The monoisotopic (exact) mass is 388 g/mol. The van der Waals surface area contributed by atoms with E-state index in [1.807, 2.05) is 54.9 Å². The van der Waals surface area contributed by atoms with Crippen molar-refractivity contribution in [3.8, 4) is 5.75 Å². The minimum atomic E-state index is -0.486. The molecule has 0 radical (unpaired) electrons. The van der Waals surface area contributed by atoms with Gasteiger partial charge in [-0.15, -0.1) is 0 Å². The summed E-state index contributed by atoms with van der Waals surface area (Å²) in [5.74, 6) is 1.14. The molecular formula is C23H20N2O4. The molecule has 146 valence electrons. The van der Waals surface area contributed by atoms with Crippen LogP contribution in [-0.2, 0) is 11.3 Å². The Morgan fingerprint density at radius 3 is 2.79 bits per heavy atom. The summed E-state index contributed by atoms with van der Waals surface area (Å²) < 4.78 is 17.6. The first-order valence-electron chi connectivity index (χ1n) is 9.11. The van der Waals surface area contributed by atoms with E-state index < -0.39 is 5.97 Å². The first-order chi connectivity index (χ1) is 14.2. The first-order valence-corrected chi connectivity index (χ1v) is 9.11. The van der Waals surface area contributed by atoms with Gasteiger partial charge in [-0.3, -0.25) is 4.99 Å². The van der Waals surface area contributed by atoms with E-state index in [-0.39, 0.29) is 5.76 Å². The summed E-state index contributed by atoms with van der Waals surface area (Å²) in [6.45, 7) is 0.491. The average molecular weight is 388 g/mol. The van der Waals surface area contributed by atoms with Gasteiger partial charge in [0.1, 0.15) is 11.5 Å². The van der Waals surface area contributed by atoms with Crippen LogP contribution in [0.1, 0.15) is 21.9 Å². The molecule has 2 aromatic heterocycles. The number of para-hydroxylation sites is 1. The lowest BCUT2D eigenvalue weighted by molar-refractivity contribution is 0.0563. The maximum atomic E-state index is 11.6. The molecular weight excluding hydrogens is 368 g/mol. The van der Waals surface area contributed by atoms with E-state index in [9.17, 15) is 4.79 Å². The fourth-order valence-corrected chi connectivity index (χ4v) is 3.18. The zero-order valence-electron chi connectivity index (χ0n) is 16.2. The lowest BCUT2D eigenvalue weighted by atomic mass is 10.2. The third-order valence-corrected chi connectivity index (χ3v) is 4.60. The Kier molecular flexibility index (Phi) is 5.16. The number of carbonyl (C=O) groups excluding carboxylic acids is 1. The van der Waals surface area contributed by atoms with Crippen molar-refractivity contribution in [2.75, 3.05) is 14.2 Å². The second kappa shape index (κ2) is 8.06. The van der Waals surface area contributed by atoms with Crippen molar-refractivity contribution in [2.45, 2.75) is 6.54 Å². The fraction of sp³-hybridized carbons (Fsp3) is 0.130. The lowest BCUT2D eigenvalue weighted by Crippen LogP contribution is -1.99. The maximum absolute atomic E-state index is 11.6. The predicted octanol–water partition coefficient (Wildman–Crippen LogP) is 4.83. The topological polar surface area (TPSA) is 66.0 Å². The summed E-state index contributed by atoms with van der Waals surface area (Å²) in [6.07, 6.45) is 3.87. The van der Waals surface area contributed by atoms with Crippen molar-refractivity contribution in [1.29, 1.82) is 0 Å². The molecule has 0 bridgehead atoms. The van der Waals surface area contributed by atoms with Crippen molar-refractivity contribution in [1.82, 2.24) is 4.57 Å². The Hall–Kier alpha value is -3.80. The number of hydrogen-bond acceptors (Lipinski definition) is 5. The molecule has 0 saturated carbocycles. The second-order valence-electron chi connectivity index (χ2n) is 6.45. The van der Waals surface area contributed by atoms with Crippen LogP contribution < -0.4 is 4.74 Å². The molecule has 6 nitrogen and oxygen atoms in total. The molecule has 0 atom stereocenters. The number of rotatable bonds is 6. The summed E-state index contributed by atoms with van der Waals surface area (Å²) in [4.78, 5) is 16.2. The third kappa shape index (κ3) is 3.91. The molecule has 0 N–H and O–H groups in total. The predicted molar refractivity (Wildman–Crippen MR) is 111 cm³/mol. The maximum Gasteiger partial charge on any atom is 0.373 e. The Morgan fingerprint density at radius 1 is 1.10 bits per heavy atom. The van der Waals surface area contributed by atoms with Gasteiger partial charge in [0.25, 0.3) is 0 Å². The summed E-state index contributed by atoms with van der Waals surface area (Å²) >= 11 is 0. The van der Waals surface area contributed by atoms with Crippen molar-refractivity contribution >= 4 is 28.8 Å². The summed E-state index contributed by atoms with van der Waals surface area (Å²) in [5.41, 5.74) is 2.86. The van der Waals surface area contributed by atoms with E-state index in [1.165, 1.54) is 7.11 Å². The van der Waals surface area contributed by atoms with Gasteiger partial charge in [-0.25, -0.2) is 4.79 Å². The van der Waals surface area contributed by atoms with E-state index >= 15 is 0 Å². The SMILES string of the molecule is COC(=O)c1ccc(Cn2cc(C=Nc3cccc(OC)c3)c3ccccc32)o1. The molecule has 0 amide bonds. The van der Waals surface area contributed by atoms with Crippen LogP contribution in [0.4, 0.5) is 5.69 Å². The molecule has 0 aliphatic heterocycles. The highest BCUT2D eigenvalue weighted by Gasteiger charge is 2.13. The highest BCUT2D eigenvalue weighted by molar-refractivity contribution is 6.00.